The van der Waals surface area contributed by atoms with Crippen LogP contribution in [-0.4, -0.2) is 36.4 Å². The predicted octanol–water partition coefficient (Wildman–Crippen LogP) is 1.65. The number of rotatable bonds is 3. The number of benzene rings is 1. The first kappa shape index (κ1) is 13.4. The zero-order valence-corrected chi connectivity index (χ0v) is 11.0. The second-order valence-electron chi connectivity index (χ2n) is 4.41. The predicted molar refractivity (Wildman–Crippen MR) is 72.1 cm³/mol. The molecule has 0 aliphatic carbocycles. The van der Waals surface area contributed by atoms with E-state index >= 15 is 0 Å². The molecule has 5 heteroatoms. The first-order valence-electron chi connectivity index (χ1n) is 6.54. The molecule has 1 aliphatic rings. The third-order valence-electron chi connectivity index (χ3n) is 3.01. The number of likely N-dealkylation sites (tertiary alicyclic amines) is 1. The molecule has 0 atom stereocenters. The van der Waals surface area contributed by atoms with Crippen LogP contribution in [-0.2, 0) is 9.59 Å². The molecule has 2 rings (SSSR count). The summed E-state index contributed by atoms with van der Waals surface area (Å²) in [6, 6.07) is 6.97. The Morgan fingerprint density at radius 1 is 1.21 bits per heavy atom. The molecule has 0 spiro atoms. The van der Waals surface area contributed by atoms with Crippen molar-refractivity contribution in [2.75, 3.05) is 25.0 Å². The van der Waals surface area contributed by atoms with E-state index in [1.54, 1.807) is 29.2 Å². The van der Waals surface area contributed by atoms with Gasteiger partial charge in [-0.05, 0) is 44.0 Å². The first-order valence-corrected chi connectivity index (χ1v) is 6.54. The van der Waals surface area contributed by atoms with Gasteiger partial charge in [0, 0.05) is 18.8 Å². The van der Waals surface area contributed by atoms with Crippen LogP contribution in [0, 0.1) is 0 Å². The number of nitrogens with one attached hydrogen (secondary N) is 1. The number of anilines is 1. The lowest BCUT2D eigenvalue weighted by Gasteiger charge is -2.14. The van der Waals surface area contributed by atoms with E-state index in [2.05, 4.69) is 5.32 Å². The van der Waals surface area contributed by atoms with Crippen LogP contribution in [0.5, 0.6) is 5.75 Å². The summed E-state index contributed by atoms with van der Waals surface area (Å²) in [4.78, 5) is 25.2. The minimum absolute atomic E-state index is 0.452. The van der Waals surface area contributed by atoms with Crippen LogP contribution in [0.4, 0.5) is 5.69 Å². The van der Waals surface area contributed by atoms with Crippen molar-refractivity contribution in [2.45, 2.75) is 19.8 Å². The van der Waals surface area contributed by atoms with Gasteiger partial charge in [0.05, 0.1) is 6.61 Å². The van der Waals surface area contributed by atoms with Crippen LogP contribution in [0.15, 0.2) is 24.3 Å². The zero-order chi connectivity index (χ0) is 13.7. The summed E-state index contributed by atoms with van der Waals surface area (Å²) in [7, 11) is 0. The van der Waals surface area contributed by atoms with Crippen LogP contribution in [0.2, 0.25) is 0 Å². The quantitative estimate of drug-likeness (QED) is 0.843. The highest BCUT2D eigenvalue weighted by Gasteiger charge is 2.24. The number of ether oxygens (including phenoxy) is 1. The summed E-state index contributed by atoms with van der Waals surface area (Å²) in [5, 5.41) is 2.60. The Bertz CT molecular complexity index is 450. The van der Waals surface area contributed by atoms with Crippen molar-refractivity contribution in [3.05, 3.63) is 24.3 Å². The van der Waals surface area contributed by atoms with Gasteiger partial charge < -0.3 is 15.0 Å². The SMILES string of the molecule is CCOc1ccc(NC(=O)C(=O)N2CCCC2)cc1. The molecule has 0 radical (unpaired) electrons. The van der Waals surface area contributed by atoms with E-state index in [1.165, 1.54) is 0 Å². The van der Waals surface area contributed by atoms with E-state index in [0.717, 1.165) is 18.6 Å². The van der Waals surface area contributed by atoms with Crippen molar-refractivity contribution in [1.29, 1.82) is 0 Å². The minimum atomic E-state index is -0.578. The molecule has 0 bridgehead atoms. The highest BCUT2D eigenvalue weighted by Crippen LogP contribution is 2.16. The van der Waals surface area contributed by atoms with Gasteiger partial charge >= 0.3 is 11.8 Å². The van der Waals surface area contributed by atoms with Crippen molar-refractivity contribution in [3.63, 3.8) is 0 Å². The maximum absolute atomic E-state index is 11.8. The number of carbonyl (C=O) groups is 2. The molecule has 1 N–H and O–H groups in total. The fraction of sp³-hybridized carbons (Fsp3) is 0.429. The third kappa shape index (κ3) is 3.47. The van der Waals surface area contributed by atoms with Gasteiger partial charge in [-0.15, -0.1) is 0 Å². The Kier molecular flexibility index (Phi) is 4.39. The zero-order valence-electron chi connectivity index (χ0n) is 11.0. The summed E-state index contributed by atoms with van der Waals surface area (Å²) in [6.45, 7) is 3.86. The van der Waals surface area contributed by atoms with Gasteiger partial charge in [0.2, 0.25) is 0 Å². The van der Waals surface area contributed by atoms with Crippen molar-refractivity contribution >= 4 is 17.5 Å². The first-order chi connectivity index (χ1) is 9.20. The normalized spacial score (nSPS) is 14.3. The lowest BCUT2D eigenvalue weighted by atomic mass is 10.3. The fourth-order valence-electron chi connectivity index (χ4n) is 2.05. The van der Waals surface area contributed by atoms with Crippen LogP contribution < -0.4 is 10.1 Å². The van der Waals surface area contributed by atoms with Gasteiger partial charge in [-0.25, -0.2) is 0 Å². The molecule has 5 nitrogen and oxygen atoms in total. The Morgan fingerprint density at radius 2 is 1.84 bits per heavy atom. The van der Waals surface area contributed by atoms with E-state index < -0.39 is 11.8 Å². The van der Waals surface area contributed by atoms with Crippen LogP contribution >= 0.6 is 0 Å². The number of hydrogen-bond acceptors (Lipinski definition) is 3. The summed E-state index contributed by atoms with van der Waals surface area (Å²) >= 11 is 0. The van der Waals surface area contributed by atoms with Gasteiger partial charge in [-0.2, -0.15) is 0 Å². The number of nitrogens with zero attached hydrogens (tertiary/aromatic N) is 1. The third-order valence-corrected chi connectivity index (χ3v) is 3.01. The van der Waals surface area contributed by atoms with Gasteiger partial charge in [0.25, 0.3) is 0 Å². The van der Waals surface area contributed by atoms with E-state index in [1.807, 2.05) is 6.92 Å². The van der Waals surface area contributed by atoms with E-state index in [9.17, 15) is 9.59 Å². The van der Waals surface area contributed by atoms with Crippen molar-refractivity contribution in [3.8, 4) is 5.75 Å². The highest BCUT2D eigenvalue weighted by atomic mass is 16.5. The summed E-state index contributed by atoms with van der Waals surface area (Å²) in [5.41, 5.74) is 0.598. The largest absolute Gasteiger partial charge is 0.494 e. The molecule has 1 fully saturated rings. The maximum Gasteiger partial charge on any atom is 0.313 e. The molecule has 1 aliphatic heterocycles. The molecule has 0 aromatic heterocycles. The molecule has 2 amide bonds. The lowest BCUT2D eigenvalue weighted by Crippen LogP contribution is -2.37. The Labute approximate surface area is 112 Å². The second-order valence-corrected chi connectivity index (χ2v) is 4.41. The van der Waals surface area contributed by atoms with Gasteiger partial charge in [0.1, 0.15) is 5.75 Å². The average molecular weight is 262 g/mol. The molecular formula is C14H18N2O3. The summed E-state index contributed by atoms with van der Waals surface area (Å²) < 4.78 is 5.31. The van der Waals surface area contributed by atoms with Crippen molar-refractivity contribution < 1.29 is 14.3 Å². The Morgan fingerprint density at radius 3 is 2.42 bits per heavy atom. The number of amides is 2. The van der Waals surface area contributed by atoms with Gasteiger partial charge in [-0.1, -0.05) is 0 Å². The van der Waals surface area contributed by atoms with Gasteiger partial charge in [-0.3, -0.25) is 9.59 Å². The Hall–Kier alpha value is -2.04. The monoisotopic (exact) mass is 262 g/mol. The molecule has 1 saturated heterocycles. The maximum atomic E-state index is 11.8. The second kappa shape index (κ2) is 6.22. The highest BCUT2D eigenvalue weighted by molar-refractivity contribution is 6.39. The van der Waals surface area contributed by atoms with E-state index in [-0.39, 0.29) is 0 Å². The smallest absolute Gasteiger partial charge is 0.313 e. The Balaban J connectivity index is 1.92. The molecule has 19 heavy (non-hydrogen) atoms. The minimum Gasteiger partial charge on any atom is -0.494 e. The van der Waals surface area contributed by atoms with Crippen molar-refractivity contribution in [1.82, 2.24) is 4.90 Å². The lowest BCUT2D eigenvalue weighted by molar-refractivity contribution is -0.142. The van der Waals surface area contributed by atoms with Crippen molar-refractivity contribution in [2.24, 2.45) is 0 Å². The van der Waals surface area contributed by atoms with E-state index in [0.29, 0.717) is 25.4 Å². The molecule has 1 aromatic carbocycles. The molecule has 1 aromatic rings. The standard InChI is InChI=1S/C14H18N2O3/c1-2-19-12-7-5-11(6-8-12)15-13(17)14(18)16-9-3-4-10-16/h5-8H,2-4,9-10H2,1H3,(H,15,17). The van der Waals surface area contributed by atoms with Crippen LogP contribution in [0.3, 0.4) is 0 Å². The van der Waals surface area contributed by atoms with Crippen LogP contribution in [0.1, 0.15) is 19.8 Å². The molecule has 0 unspecified atom stereocenters. The summed E-state index contributed by atoms with van der Waals surface area (Å²) in [6.07, 6.45) is 1.95. The van der Waals surface area contributed by atoms with E-state index in [4.69, 9.17) is 4.74 Å². The molecule has 0 saturated carbocycles. The topological polar surface area (TPSA) is 58.6 Å². The molecular weight excluding hydrogens is 244 g/mol. The van der Waals surface area contributed by atoms with Gasteiger partial charge in [0.15, 0.2) is 0 Å². The number of carbonyl (C=O) groups excluding carboxylic acids is 2. The number of hydrogen-bond donors (Lipinski definition) is 1. The molecule has 102 valence electrons. The van der Waals surface area contributed by atoms with Crippen LogP contribution in [0.25, 0.3) is 0 Å². The average Bonchev–Trinajstić information content (AvgIpc) is 2.94. The summed E-state index contributed by atoms with van der Waals surface area (Å²) in [5.74, 6) is -0.288. The fourth-order valence-corrected chi connectivity index (χ4v) is 2.05. The molecule has 1 heterocycles.